The number of amides is 1. The van der Waals surface area contributed by atoms with Gasteiger partial charge in [-0.2, -0.15) is 10.1 Å². The lowest BCUT2D eigenvalue weighted by molar-refractivity contribution is -0.123. The maximum Gasteiger partial charge on any atom is 0.229 e. The minimum atomic E-state index is -0.264. The lowest BCUT2D eigenvalue weighted by Crippen LogP contribution is -2.42. The molecule has 0 aliphatic heterocycles. The molecule has 0 saturated heterocycles. The lowest BCUT2D eigenvalue weighted by Gasteiger charge is -2.30. The number of rotatable bonds is 7. The van der Waals surface area contributed by atoms with Crippen LogP contribution >= 0.6 is 11.6 Å². The number of carbonyl (C=O) groups is 1. The Kier molecular flexibility index (Phi) is 4.88. The number of hydrogen-bond acceptors (Lipinski definition) is 7. The third kappa shape index (κ3) is 3.57. The molecule has 1 amide bonds. The molecule has 2 bridgehead atoms. The van der Waals surface area contributed by atoms with Gasteiger partial charge in [-0.1, -0.05) is 11.6 Å². The molecule has 2 aliphatic rings. The van der Waals surface area contributed by atoms with Crippen LogP contribution in [0.2, 0.25) is 5.02 Å². The van der Waals surface area contributed by atoms with Crippen LogP contribution in [0.1, 0.15) is 19.3 Å². The summed E-state index contributed by atoms with van der Waals surface area (Å²) in [5.41, 5.74) is 6.34. The van der Waals surface area contributed by atoms with E-state index in [1.54, 1.807) is 17.1 Å². The first-order valence-corrected chi connectivity index (χ1v) is 9.41. The normalized spacial score (nSPS) is 26.3. The number of aromatic nitrogens is 4. The molecule has 4 rings (SSSR count). The van der Waals surface area contributed by atoms with Gasteiger partial charge >= 0.3 is 0 Å². The molecule has 9 nitrogen and oxygen atoms in total. The standard InChI is InChI=1S/C17H22ClN7O2/c18-12-7-20-17(22-11-6-21-25(8-11)3-4-26)24-16(12)23-14-10-2-1-9(5-10)13(14)15(19)27/h6-10,13-14,26H,1-5H2,(H2,19,27)(H2,20,22,23,24)/t9-,10-,13-,14+/m0/s1. The van der Waals surface area contributed by atoms with Gasteiger partial charge in [0.25, 0.3) is 0 Å². The van der Waals surface area contributed by atoms with Gasteiger partial charge in [-0.25, -0.2) is 4.98 Å². The van der Waals surface area contributed by atoms with Crippen LogP contribution in [-0.4, -0.2) is 43.4 Å². The fourth-order valence-corrected chi connectivity index (χ4v) is 4.52. The lowest BCUT2D eigenvalue weighted by atomic mass is 9.84. The number of nitrogens with two attached hydrogens (primary N) is 1. The van der Waals surface area contributed by atoms with E-state index in [4.69, 9.17) is 22.4 Å². The second kappa shape index (κ2) is 7.32. The van der Waals surface area contributed by atoms with Gasteiger partial charge in [0, 0.05) is 12.2 Å². The van der Waals surface area contributed by atoms with E-state index in [1.807, 2.05) is 0 Å². The molecule has 2 aromatic rings. The van der Waals surface area contributed by atoms with Gasteiger partial charge in [0.15, 0.2) is 5.82 Å². The second-order valence-corrected chi connectivity index (χ2v) is 7.57. The van der Waals surface area contributed by atoms with Crippen LogP contribution in [0.5, 0.6) is 0 Å². The summed E-state index contributed by atoms with van der Waals surface area (Å²) in [5.74, 6) is 1.15. The topological polar surface area (TPSA) is 131 Å². The highest BCUT2D eigenvalue weighted by atomic mass is 35.5. The minimum absolute atomic E-state index is 0.0111. The summed E-state index contributed by atoms with van der Waals surface area (Å²) in [7, 11) is 0. The number of aliphatic hydroxyl groups is 1. The van der Waals surface area contributed by atoms with Gasteiger partial charge in [0.2, 0.25) is 11.9 Å². The molecule has 2 aromatic heterocycles. The average molecular weight is 392 g/mol. The van der Waals surface area contributed by atoms with Gasteiger partial charge in [-0.15, -0.1) is 0 Å². The quantitative estimate of drug-likeness (QED) is 0.560. The van der Waals surface area contributed by atoms with E-state index in [0.29, 0.717) is 40.9 Å². The fraction of sp³-hybridized carbons (Fsp3) is 0.529. The Morgan fingerprint density at radius 2 is 2.19 bits per heavy atom. The first-order valence-electron chi connectivity index (χ1n) is 9.04. The maximum atomic E-state index is 11.9. The van der Waals surface area contributed by atoms with E-state index in [0.717, 1.165) is 19.3 Å². The molecule has 0 spiro atoms. The van der Waals surface area contributed by atoms with E-state index in [9.17, 15) is 4.79 Å². The van der Waals surface area contributed by atoms with E-state index < -0.39 is 0 Å². The fourth-order valence-electron chi connectivity index (χ4n) is 4.38. The summed E-state index contributed by atoms with van der Waals surface area (Å²) < 4.78 is 1.62. The second-order valence-electron chi connectivity index (χ2n) is 7.16. The number of fused-ring (bicyclic) bond motifs is 2. The van der Waals surface area contributed by atoms with Crippen LogP contribution < -0.4 is 16.4 Å². The van der Waals surface area contributed by atoms with Crippen molar-refractivity contribution >= 4 is 35.0 Å². The number of nitrogens with zero attached hydrogens (tertiary/aromatic N) is 4. The van der Waals surface area contributed by atoms with Crippen molar-refractivity contribution in [2.45, 2.75) is 31.8 Å². The van der Waals surface area contributed by atoms with Crippen molar-refractivity contribution in [1.82, 2.24) is 19.7 Å². The van der Waals surface area contributed by atoms with Gasteiger partial charge in [-0.3, -0.25) is 9.48 Å². The minimum Gasteiger partial charge on any atom is -0.394 e. The number of nitrogens with one attached hydrogen (secondary N) is 2. The largest absolute Gasteiger partial charge is 0.394 e. The molecule has 4 atom stereocenters. The first kappa shape index (κ1) is 18.0. The monoisotopic (exact) mass is 391 g/mol. The molecule has 10 heteroatoms. The van der Waals surface area contributed by atoms with Crippen LogP contribution in [0, 0.1) is 17.8 Å². The molecule has 0 unspecified atom stereocenters. The summed E-state index contributed by atoms with van der Waals surface area (Å²) in [6.07, 6.45) is 8.05. The third-order valence-electron chi connectivity index (χ3n) is 5.51. The summed E-state index contributed by atoms with van der Waals surface area (Å²) >= 11 is 6.28. The van der Waals surface area contributed by atoms with Crippen molar-refractivity contribution < 1.29 is 9.90 Å². The highest BCUT2D eigenvalue weighted by Crippen LogP contribution is 2.49. The highest BCUT2D eigenvalue weighted by Gasteiger charge is 2.50. The van der Waals surface area contributed by atoms with Crippen molar-refractivity contribution in [3.05, 3.63) is 23.6 Å². The van der Waals surface area contributed by atoms with E-state index in [-0.39, 0.29) is 24.5 Å². The van der Waals surface area contributed by atoms with Crippen molar-refractivity contribution in [2.24, 2.45) is 23.5 Å². The van der Waals surface area contributed by atoms with E-state index in [1.165, 1.54) is 6.20 Å². The molecule has 0 radical (unpaired) electrons. The zero-order valence-corrected chi connectivity index (χ0v) is 15.4. The Hall–Kier alpha value is -2.39. The predicted molar refractivity (Wildman–Crippen MR) is 101 cm³/mol. The first-order chi connectivity index (χ1) is 13.0. The molecule has 2 heterocycles. The summed E-state index contributed by atoms with van der Waals surface area (Å²) in [4.78, 5) is 20.6. The van der Waals surface area contributed by atoms with Gasteiger partial charge in [0.1, 0.15) is 5.02 Å². The van der Waals surface area contributed by atoms with Crippen LogP contribution in [-0.2, 0) is 11.3 Å². The third-order valence-corrected chi connectivity index (χ3v) is 5.79. The van der Waals surface area contributed by atoms with E-state index >= 15 is 0 Å². The maximum absolute atomic E-state index is 11.9. The molecule has 2 saturated carbocycles. The zero-order chi connectivity index (χ0) is 19.0. The highest BCUT2D eigenvalue weighted by molar-refractivity contribution is 6.32. The van der Waals surface area contributed by atoms with Crippen LogP contribution in [0.15, 0.2) is 18.6 Å². The SMILES string of the molecule is NC(=O)[C@H]1[C@H]2CC[C@@H](C2)[C@H]1Nc1nc(Nc2cnn(CCO)c2)ncc1Cl. The summed E-state index contributed by atoms with van der Waals surface area (Å²) in [5, 5.41) is 19.9. The van der Waals surface area contributed by atoms with Crippen molar-refractivity contribution in [2.75, 3.05) is 17.2 Å². The smallest absolute Gasteiger partial charge is 0.229 e. The Balaban J connectivity index is 1.51. The number of aliphatic hydroxyl groups excluding tert-OH is 1. The van der Waals surface area contributed by atoms with Gasteiger partial charge < -0.3 is 21.5 Å². The molecule has 2 fully saturated rings. The van der Waals surface area contributed by atoms with Crippen LogP contribution in [0.25, 0.3) is 0 Å². The predicted octanol–water partition coefficient (Wildman–Crippen LogP) is 1.37. The number of halogens is 1. The van der Waals surface area contributed by atoms with Crippen molar-refractivity contribution in [3.63, 3.8) is 0 Å². The summed E-state index contributed by atoms with van der Waals surface area (Å²) in [6.45, 7) is 0.423. The Morgan fingerprint density at radius 1 is 1.37 bits per heavy atom. The number of primary amides is 1. The molecular formula is C17H22ClN7O2. The molecule has 5 N–H and O–H groups in total. The molecule has 0 aromatic carbocycles. The zero-order valence-electron chi connectivity index (χ0n) is 14.7. The Morgan fingerprint density at radius 3 is 2.96 bits per heavy atom. The van der Waals surface area contributed by atoms with Crippen molar-refractivity contribution in [3.8, 4) is 0 Å². The Labute approximate surface area is 161 Å². The number of hydrogen-bond donors (Lipinski definition) is 4. The van der Waals surface area contributed by atoms with E-state index in [2.05, 4.69) is 25.7 Å². The molecular weight excluding hydrogens is 370 g/mol. The molecule has 27 heavy (non-hydrogen) atoms. The Bertz CT molecular complexity index is 842. The van der Waals surface area contributed by atoms with Gasteiger partial charge in [0.05, 0.1) is 37.2 Å². The average Bonchev–Trinajstić information content (AvgIpc) is 3.34. The number of anilines is 3. The van der Waals surface area contributed by atoms with Crippen LogP contribution in [0.3, 0.4) is 0 Å². The van der Waals surface area contributed by atoms with Crippen LogP contribution in [0.4, 0.5) is 17.5 Å². The molecule has 2 aliphatic carbocycles. The van der Waals surface area contributed by atoms with Gasteiger partial charge in [-0.05, 0) is 31.1 Å². The molecule has 144 valence electrons. The summed E-state index contributed by atoms with van der Waals surface area (Å²) in [6, 6.07) is -0.0474. The number of carbonyl (C=O) groups excluding carboxylic acids is 1. The van der Waals surface area contributed by atoms with Crippen molar-refractivity contribution in [1.29, 1.82) is 0 Å².